The molecule has 0 fully saturated rings. The van der Waals surface area contributed by atoms with Crippen LogP contribution in [0.3, 0.4) is 0 Å². The van der Waals surface area contributed by atoms with Gasteiger partial charge in [0.15, 0.2) is 0 Å². The van der Waals surface area contributed by atoms with Crippen molar-refractivity contribution in [3.8, 4) is 0 Å². The minimum atomic E-state index is 0.810. The molecule has 2 aromatic rings. The van der Waals surface area contributed by atoms with E-state index in [-0.39, 0.29) is 0 Å². The number of nitrogen functional groups attached to an aromatic ring is 1. The molecule has 0 saturated heterocycles. The summed E-state index contributed by atoms with van der Waals surface area (Å²) in [6.07, 6.45) is 6.20. The number of aromatic nitrogens is 2. The second-order valence-corrected chi connectivity index (χ2v) is 4.50. The van der Waals surface area contributed by atoms with Gasteiger partial charge in [0.05, 0.1) is 6.20 Å². The summed E-state index contributed by atoms with van der Waals surface area (Å²) >= 11 is 1.71. The van der Waals surface area contributed by atoms with Crippen LogP contribution in [-0.4, -0.2) is 15.7 Å². The fourth-order valence-electron chi connectivity index (χ4n) is 1.32. The summed E-state index contributed by atoms with van der Waals surface area (Å²) in [5.41, 5.74) is 7.73. The highest BCUT2D eigenvalue weighted by molar-refractivity contribution is 7.99. The number of anilines is 1. The second-order valence-electron chi connectivity index (χ2n) is 3.38. The molecule has 0 aliphatic heterocycles. The van der Waals surface area contributed by atoms with Gasteiger partial charge >= 0.3 is 0 Å². The Morgan fingerprint density at radius 3 is 2.62 bits per heavy atom. The molecule has 1 aromatic carbocycles. The Morgan fingerprint density at radius 1 is 1.12 bits per heavy atom. The lowest BCUT2D eigenvalue weighted by atomic mass is 10.2. The number of thioether (sulfide) groups is 1. The first-order chi connectivity index (χ1) is 7.84. The molecule has 1 heterocycles. The van der Waals surface area contributed by atoms with E-state index in [4.69, 9.17) is 5.73 Å². The van der Waals surface area contributed by atoms with Gasteiger partial charge in [0.1, 0.15) is 5.03 Å². The molecular weight excluding hydrogens is 218 g/mol. The molecule has 2 rings (SSSR count). The summed E-state index contributed by atoms with van der Waals surface area (Å²) in [5, 5.41) is 0.970. The summed E-state index contributed by atoms with van der Waals surface area (Å²) in [4.78, 5) is 8.23. The summed E-state index contributed by atoms with van der Waals surface area (Å²) in [6, 6.07) is 7.99. The van der Waals surface area contributed by atoms with E-state index in [1.807, 2.05) is 12.1 Å². The van der Waals surface area contributed by atoms with E-state index in [9.17, 15) is 0 Å². The lowest BCUT2D eigenvalue weighted by Gasteiger charge is -2.01. The van der Waals surface area contributed by atoms with Gasteiger partial charge in [-0.1, -0.05) is 12.1 Å². The zero-order valence-corrected chi connectivity index (χ0v) is 9.65. The molecule has 3 nitrogen and oxygen atoms in total. The average Bonchev–Trinajstić information content (AvgIpc) is 2.33. The minimum Gasteiger partial charge on any atom is -0.399 e. The molecule has 0 aliphatic carbocycles. The van der Waals surface area contributed by atoms with Gasteiger partial charge in [0.2, 0.25) is 0 Å². The fraction of sp³-hybridized carbons (Fsp3) is 0.167. The standard InChI is InChI=1S/C12H13N3S/c13-11-3-1-10(2-4-11)5-8-16-12-9-14-6-7-15-12/h1-4,6-7,9H,5,8,13H2. The fourth-order valence-corrected chi connectivity index (χ4v) is 2.14. The SMILES string of the molecule is Nc1ccc(CCSc2cnccn2)cc1. The maximum Gasteiger partial charge on any atom is 0.114 e. The van der Waals surface area contributed by atoms with Gasteiger partial charge in [-0.25, -0.2) is 4.98 Å². The summed E-state index contributed by atoms with van der Waals surface area (Å²) in [6.45, 7) is 0. The predicted octanol–water partition coefficient (Wildman–Crippen LogP) is 2.39. The van der Waals surface area contributed by atoms with Gasteiger partial charge in [0.25, 0.3) is 0 Å². The quantitative estimate of drug-likeness (QED) is 0.648. The van der Waals surface area contributed by atoms with Crippen molar-refractivity contribution in [1.82, 2.24) is 9.97 Å². The number of nitrogens with two attached hydrogens (primary N) is 1. The zero-order chi connectivity index (χ0) is 11.2. The number of aryl methyl sites for hydroxylation is 1. The summed E-state index contributed by atoms with van der Waals surface area (Å²) < 4.78 is 0. The third kappa shape index (κ3) is 3.24. The number of hydrogen-bond donors (Lipinski definition) is 1. The highest BCUT2D eigenvalue weighted by Gasteiger charge is 1.96. The van der Waals surface area contributed by atoms with Crippen molar-refractivity contribution in [1.29, 1.82) is 0 Å². The normalized spacial score (nSPS) is 10.2. The van der Waals surface area contributed by atoms with E-state index in [1.54, 1.807) is 30.4 Å². The Morgan fingerprint density at radius 2 is 1.94 bits per heavy atom. The van der Waals surface area contributed by atoms with Gasteiger partial charge in [-0.05, 0) is 24.1 Å². The lowest BCUT2D eigenvalue weighted by molar-refractivity contribution is 1.05. The van der Waals surface area contributed by atoms with Crippen LogP contribution in [0.5, 0.6) is 0 Å². The van der Waals surface area contributed by atoms with Crippen LogP contribution in [0.2, 0.25) is 0 Å². The largest absolute Gasteiger partial charge is 0.399 e. The van der Waals surface area contributed by atoms with Crippen LogP contribution < -0.4 is 5.73 Å². The molecule has 0 aliphatic rings. The van der Waals surface area contributed by atoms with Crippen molar-refractivity contribution in [3.05, 3.63) is 48.4 Å². The Balaban J connectivity index is 1.82. The van der Waals surface area contributed by atoms with E-state index in [2.05, 4.69) is 22.1 Å². The maximum atomic E-state index is 5.62. The van der Waals surface area contributed by atoms with E-state index in [0.29, 0.717) is 0 Å². The Labute approximate surface area is 99.1 Å². The van der Waals surface area contributed by atoms with Crippen molar-refractivity contribution >= 4 is 17.4 Å². The topological polar surface area (TPSA) is 51.8 Å². The molecule has 0 spiro atoms. The van der Waals surface area contributed by atoms with E-state index < -0.39 is 0 Å². The van der Waals surface area contributed by atoms with Crippen molar-refractivity contribution in [3.63, 3.8) is 0 Å². The number of benzene rings is 1. The molecule has 0 radical (unpaired) electrons. The predicted molar refractivity (Wildman–Crippen MR) is 67.3 cm³/mol. The Kier molecular flexibility index (Phi) is 3.77. The summed E-state index contributed by atoms with van der Waals surface area (Å²) in [7, 11) is 0. The van der Waals surface area contributed by atoms with Crippen LogP contribution in [0.25, 0.3) is 0 Å². The van der Waals surface area contributed by atoms with Gasteiger partial charge in [0, 0.05) is 23.8 Å². The van der Waals surface area contributed by atoms with Crippen molar-refractivity contribution < 1.29 is 0 Å². The molecule has 2 N–H and O–H groups in total. The minimum absolute atomic E-state index is 0.810. The van der Waals surface area contributed by atoms with E-state index in [1.165, 1.54) is 5.56 Å². The molecule has 1 aromatic heterocycles. The first-order valence-electron chi connectivity index (χ1n) is 5.08. The molecule has 4 heteroatoms. The van der Waals surface area contributed by atoms with Crippen LogP contribution in [0.4, 0.5) is 5.69 Å². The molecule has 0 bridgehead atoms. The molecule has 0 unspecified atom stereocenters. The third-order valence-corrected chi connectivity index (χ3v) is 3.07. The van der Waals surface area contributed by atoms with Crippen LogP contribution >= 0.6 is 11.8 Å². The molecule has 0 amide bonds. The molecule has 16 heavy (non-hydrogen) atoms. The van der Waals surface area contributed by atoms with Gasteiger partial charge in [-0.2, -0.15) is 0 Å². The monoisotopic (exact) mass is 231 g/mol. The van der Waals surface area contributed by atoms with E-state index in [0.717, 1.165) is 22.9 Å². The summed E-state index contributed by atoms with van der Waals surface area (Å²) in [5.74, 6) is 1.00. The first kappa shape index (κ1) is 11.0. The van der Waals surface area contributed by atoms with Crippen molar-refractivity contribution in [2.45, 2.75) is 11.4 Å². The van der Waals surface area contributed by atoms with Gasteiger partial charge in [-0.15, -0.1) is 11.8 Å². The Hall–Kier alpha value is -1.55. The molecule has 0 saturated carbocycles. The Bertz CT molecular complexity index is 428. The smallest absolute Gasteiger partial charge is 0.114 e. The highest BCUT2D eigenvalue weighted by Crippen LogP contribution is 2.15. The van der Waals surface area contributed by atoms with E-state index >= 15 is 0 Å². The third-order valence-electron chi connectivity index (χ3n) is 2.16. The maximum absolute atomic E-state index is 5.62. The van der Waals surface area contributed by atoms with Crippen molar-refractivity contribution in [2.24, 2.45) is 0 Å². The molecular formula is C12H13N3S. The van der Waals surface area contributed by atoms with Crippen LogP contribution in [0, 0.1) is 0 Å². The lowest BCUT2D eigenvalue weighted by Crippen LogP contribution is -1.91. The second kappa shape index (κ2) is 5.51. The van der Waals surface area contributed by atoms with Gasteiger partial charge < -0.3 is 5.73 Å². The van der Waals surface area contributed by atoms with Gasteiger partial charge in [-0.3, -0.25) is 4.98 Å². The van der Waals surface area contributed by atoms with Crippen LogP contribution in [-0.2, 0) is 6.42 Å². The number of hydrogen-bond acceptors (Lipinski definition) is 4. The number of nitrogens with zero attached hydrogens (tertiary/aromatic N) is 2. The van der Waals surface area contributed by atoms with Crippen LogP contribution in [0.1, 0.15) is 5.56 Å². The highest BCUT2D eigenvalue weighted by atomic mass is 32.2. The van der Waals surface area contributed by atoms with Crippen molar-refractivity contribution in [2.75, 3.05) is 11.5 Å². The van der Waals surface area contributed by atoms with Crippen LogP contribution in [0.15, 0.2) is 47.9 Å². The molecule has 82 valence electrons. The number of rotatable bonds is 4. The first-order valence-corrected chi connectivity index (χ1v) is 6.06. The zero-order valence-electron chi connectivity index (χ0n) is 8.84. The molecule has 0 atom stereocenters. The average molecular weight is 231 g/mol.